The zero-order chi connectivity index (χ0) is 24.6. The van der Waals surface area contributed by atoms with Gasteiger partial charge >= 0.3 is 5.92 Å². The van der Waals surface area contributed by atoms with Gasteiger partial charge in [-0.2, -0.15) is 8.78 Å². The van der Waals surface area contributed by atoms with Crippen LogP contribution in [-0.2, 0) is 5.92 Å². The highest BCUT2D eigenvalue weighted by atomic mass is 32.1. The maximum atomic E-state index is 15.6. The third-order valence-corrected chi connectivity index (χ3v) is 8.71. The Kier molecular flexibility index (Phi) is 4.46. The van der Waals surface area contributed by atoms with E-state index in [-0.39, 0.29) is 26.9 Å². The number of rotatable bonds is 2. The lowest BCUT2D eigenvalue weighted by atomic mass is 10.0. The van der Waals surface area contributed by atoms with Crippen molar-refractivity contribution in [3.05, 3.63) is 116 Å². The van der Waals surface area contributed by atoms with Gasteiger partial charge in [-0.05, 0) is 58.6 Å². The molecule has 174 valence electrons. The van der Waals surface area contributed by atoms with Gasteiger partial charge in [0.05, 0.1) is 16.9 Å². The van der Waals surface area contributed by atoms with Crippen LogP contribution in [0.2, 0.25) is 0 Å². The number of nitrogens with zero attached hydrogens (tertiary/aromatic N) is 1. The molecule has 1 aliphatic carbocycles. The van der Waals surface area contributed by atoms with Gasteiger partial charge in [0.25, 0.3) is 0 Å². The van der Waals surface area contributed by atoms with Crippen molar-refractivity contribution >= 4 is 68.2 Å². The molecule has 0 saturated heterocycles. The standard InChI is InChI=1S/C29H15F2NO2S2/c30-29(31)27-23(10-11-35-27)32(18-8-2-1-3-9-18)24-15-19(36-28(24)29)14-22-25(33)20-12-16-6-4-5-7-17(16)13-21(20)26(22)34/h1-15H. The Hall–Kier alpha value is -3.94. The summed E-state index contributed by atoms with van der Waals surface area (Å²) in [4.78, 5) is 28.5. The molecule has 7 heteroatoms. The first-order chi connectivity index (χ1) is 17.4. The molecule has 2 aromatic heterocycles. The third kappa shape index (κ3) is 2.93. The lowest BCUT2D eigenvalue weighted by molar-refractivity contribution is 0.0507. The summed E-state index contributed by atoms with van der Waals surface area (Å²) in [6.45, 7) is 0. The molecule has 0 bridgehead atoms. The molecule has 0 atom stereocenters. The number of benzene rings is 3. The van der Waals surface area contributed by atoms with Crippen LogP contribution in [0, 0.1) is 0 Å². The van der Waals surface area contributed by atoms with Crippen LogP contribution >= 0.6 is 22.7 Å². The summed E-state index contributed by atoms with van der Waals surface area (Å²) < 4.78 is 31.2. The highest BCUT2D eigenvalue weighted by Crippen LogP contribution is 2.58. The summed E-state index contributed by atoms with van der Waals surface area (Å²) in [5, 5.41) is 3.41. The number of fused-ring (bicyclic) bond motifs is 4. The minimum atomic E-state index is -3.17. The topological polar surface area (TPSA) is 37.4 Å². The SMILES string of the molecule is O=C1C(=Cc2cc3c(s2)C(F)(F)c2sccc2N3c2ccccc2)C(=O)c2cc3ccccc3cc21. The van der Waals surface area contributed by atoms with E-state index in [0.29, 0.717) is 27.4 Å². The minimum absolute atomic E-state index is 0.00301. The van der Waals surface area contributed by atoms with Crippen molar-refractivity contribution in [1.82, 2.24) is 0 Å². The minimum Gasteiger partial charge on any atom is -0.308 e. The van der Waals surface area contributed by atoms with E-state index in [1.807, 2.05) is 59.5 Å². The number of carbonyl (C=O) groups is 2. The molecule has 0 fully saturated rings. The molecule has 3 aromatic carbocycles. The van der Waals surface area contributed by atoms with Gasteiger partial charge in [0.1, 0.15) is 9.75 Å². The monoisotopic (exact) mass is 511 g/mol. The van der Waals surface area contributed by atoms with Crippen LogP contribution in [0.25, 0.3) is 16.8 Å². The van der Waals surface area contributed by atoms with Crippen molar-refractivity contribution < 1.29 is 18.4 Å². The predicted molar refractivity (Wildman–Crippen MR) is 140 cm³/mol. The lowest BCUT2D eigenvalue weighted by Crippen LogP contribution is -2.25. The fourth-order valence-electron chi connectivity index (χ4n) is 4.95. The summed E-state index contributed by atoms with van der Waals surface area (Å²) >= 11 is 1.94. The first-order valence-corrected chi connectivity index (χ1v) is 12.9. The Balaban J connectivity index is 1.37. The van der Waals surface area contributed by atoms with E-state index in [2.05, 4.69) is 0 Å². The van der Waals surface area contributed by atoms with Crippen molar-refractivity contribution in [3.8, 4) is 0 Å². The molecule has 36 heavy (non-hydrogen) atoms. The molecule has 0 N–H and O–H groups in total. The van der Waals surface area contributed by atoms with Crippen LogP contribution < -0.4 is 4.90 Å². The number of carbonyl (C=O) groups excluding carboxylic acids is 2. The highest BCUT2D eigenvalue weighted by molar-refractivity contribution is 7.14. The van der Waals surface area contributed by atoms with Crippen LogP contribution in [0.5, 0.6) is 0 Å². The molecule has 7 rings (SSSR count). The Labute approximate surface area is 212 Å². The Morgan fingerprint density at radius 2 is 1.39 bits per heavy atom. The van der Waals surface area contributed by atoms with Crippen molar-refractivity contribution in [3.63, 3.8) is 0 Å². The van der Waals surface area contributed by atoms with Crippen molar-refractivity contribution in [2.75, 3.05) is 4.90 Å². The lowest BCUT2D eigenvalue weighted by Gasteiger charge is -2.33. The summed E-state index contributed by atoms with van der Waals surface area (Å²) in [6.07, 6.45) is 1.46. The molecule has 0 amide bonds. The first kappa shape index (κ1) is 21.4. The molecule has 0 saturated carbocycles. The van der Waals surface area contributed by atoms with Gasteiger partial charge in [0, 0.05) is 21.7 Å². The van der Waals surface area contributed by atoms with Gasteiger partial charge in [0.15, 0.2) is 11.6 Å². The van der Waals surface area contributed by atoms with Gasteiger partial charge in [-0.1, -0.05) is 42.5 Å². The number of alkyl halides is 2. The van der Waals surface area contributed by atoms with Gasteiger partial charge in [0.2, 0.25) is 0 Å². The Morgan fingerprint density at radius 3 is 2.06 bits per heavy atom. The molecular formula is C29H15F2NO2S2. The van der Waals surface area contributed by atoms with E-state index in [1.54, 1.807) is 29.6 Å². The molecule has 0 unspecified atom stereocenters. The molecule has 0 radical (unpaired) electrons. The van der Waals surface area contributed by atoms with E-state index >= 15 is 8.78 Å². The van der Waals surface area contributed by atoms with E-state index in [9.17, 15) is 9.59 Å². The van der Waals surface area contributed by atoms with Crippen LogP contribution in [-0.4, -0.2) is 11.6 Å². The number of allylic oxidation sites excluding steroid dienone is 1. The zero-order valence-corrected chi connectivity index (χ0v) is 20.1. The summed E-state index contributed by atoms with van der Waals surface area (Å²) in [5.74, 6) is -3.92. The van der Waals surface area contributed by atoms with E-state index in [4.69, 9.17) is 0 Å². The van der Waals surface area contributed by atoms with Crippen molar-refractivity contribution in [2.45, 2.75) is 5.92 Å². The molecular weight excluding hydrogens is 496 g/mol. The second-order valence-electron chi connectivity index (χ2n) is 8.70. The highest BCUT2D eigenvalue weighted by Gasteiger charge is 2.48. The Morgan fingerprint density at radius 1 is 0.750 bits per heavy atom. The predicted octanol–water partition coefficient (Wildman–Crippen LogP) is 8.35. The molecule has 1 aliphatic heterocycles. The van der Waals surface area contributed by atoms with Gasteiger partial charge < -0.3 is 4.90 Å². The number of Topliss-reactive ketones (excluding diaryl/α,β-unsaturated/α-hetero) is 2. The number of para-hydroxylation sites is 1. The maximum Gasteiger partial charge on any atom is 0.320 e. The summed E-state index contributed by atoms with van der Waals surface area (Å²) in [5.41, 5.74) is 2.26. The number of hydrogen-bond donors (Lipinski definition) is 0. The van der Waals surface area contributed by atoms with Crippen LogP contribution in [0.1, 0.15) is 35.3 Å². The van der Waals surface area contributed by atoms with Gasteiger partial charge in [-0.3, -0.25) is 9.59 Å². The largest absolute Gasteiger partial charge is 0.320 e. The quantitative estimate of drug-likeness (QED) is 0.177. The number of hydrogen-bond acceptors (Lipinski definition) is 5. The third-order valence-electron chi connectivity index (χ3n) is 6.59. The molecule has 3 heterocycles. The van der Waals surface area contributed by atoms with Crippen LogP contribution in [0.3, 0.4) is 0 Å². The molecule has 5 aromatic rings. The summed E-state index contributed by atoms with van der Waals surface area (Å²) in [7, 11) is 0. The second-order valence-corrected chi connectivity index (χ2v) is 10.7. The van der Waals surface area contributed by atoms with E-state index in [1.165, 1.54) is 6.08 Å². The van der Waals surface area contributed by atoms with E-state index < -0.39 is 5.92 Å². The second kappa shape index (κ2) is 7.53. The number of halogens is 2. The van der Waals surface area contributed by atoms with Gasteiger partial charge in [-0.25, -0.2) is 0 Å². The van der Waals surface area contributed by atoms with Crippen LogP contribution in [0.4, 0.5) is 25.8 Å². The number of anilines is 3. The average molecular weight is 512 g/mol. The van der Waals surface area contributed by atoms with E-state index in [0.717, 1.165) is 39.1 Å². The van der Waals surface area contributed by atoms with Gasteiger partial charge in [-0.15, -0.1) is 22.7 Å². The number of thiophene rings is 2. The maximum absolute atomic E-state index is 15.6. The molecule has 2 aliphatic rings. The fraction of sp³-hybridized carbons (Fsp3) is 0.0345. The summed E-state index contributed by atoms with van der Waals surface area (Å²) in [6, 6.07) is 23.7. The fourth-order valence-corrected chi connectivity index (χ4v) is 6.94. The van der Waals surface area contributed by atoms with Crippen molar-refractivity contribution in [2.24, 2.45) is 0 Å². The normalized spacial score (nSPS) is 15.7. The Bertz CT molecular complexity index is 1710. The first-order valence-electron chi connectivity index (χ1n) is 11.2. The zero-order valence-electron chi connectivity index (χ0n) is 18.5. The smallest absolute Gasteiger partial charge is 0.308 e. The average Bonchev–Trinajstić information content (AvgIpc) is 3.60. The number of ketones is 2. The van der Waals surface area contributed by atoms with Crippen LogP contribution in [0.15, 0.2) is 89.8 Å². The molecule has 3 nitrogen and oxygen atoms in total. The van der Waals surface area contributed by atoms with Crippen molar-refractivity contribution in [1.29, 1.82) is 0 Å². The molecule has 0 spiro atoms.